The number of ether oxygens (including phenoxy) is 1. The minimum absolute atomic E-state index is 0.0540. The highest BCUT2D eigenvalue weighted by Gasteiger charge is 2.45. The van der Waals surface area contributed by atoms with Crippen LogP contribution in [-0.4, -0.2) is 11.6 Å². The van der Waals surface area contributed by atoms with Crippen LogP contribution in [0, 0.1) is 5.92 Å². The SMILES string of the molecule is O=C(NC12CCC(CC1)C2)OCc1ccccc1. The van der Waals surface area contributed by atoms with Gasteiger partial charge in [0.15, 0.2) is 0 Å². The van der Waals surface area contributed by atoms with Crippen LogP contribution in [0.15, 0.2) is 30.3 Å². The molecule has 2 aliphatic carbocycles. The first-order chi connectivity index (χ1) is 8.76. The Balaban J connectivity index is 1.50. The molecule has 0 spiro atoms. The summed E-state index contributed by atoms with van der Waals surface area (Å²) in [5.41, 5.74) is 1.08. The lowest BCUT2D eigenvalue weighted by molar-refractivity contribution is 0.126. The first-order valence-corrected chi connectivity index (χ1v) is 6.75. The van der Waals surface area contributed by atoms with Crippen molar-refractivity contribution in [3.63, 3.8) is 0 Å². The van der Waals surface area contributed by atoms with Gasteiger partial charge < -0.3 is 10.1 Å². The van der Waals surface area contributed by atoms with E-state index >= 15 is 0 Å². The van der Waals surface area contributed by atoms with E-state index in [9.17, 15) is 4.79 Å². The molecule has 2 bridgehead atoms. The molecular weight excluding hydrogens is 226 g/mol. The summed E-state index contributed by atoms with van der Waals surface area (Å²) in [7, 11) is 0. The largest absolute Gasteiger partial charge is 0.445 e. The lowest BCUT2D eigenvalue weighted by Gasteiger charge is -2.27. The Kier molecular flexibility index (Phi) is 2.98. The summed E-state index contributed by atoms with van der Waals surface area (Å²) in [6, 6.07) is 9.79. The molecule has 0 aromatic heterocycles. The Hall–Kier alpha value is -1.51. The highest BCUT2D eigenvalue weighted by Crippen LogP contribution is 2.47. The van der Waals surface area contributed by atoms with Crippen LogP contribution in [0.5, 0.6) is 0 Å². The maximum absolute atomic E-state index is 11.8. The number of nitrogens with one attached hydrogen (secondary N) is 1. The second-order valence-corrected chi connectivity index (χ2v) is 5.61. The van der Waals surface area contributed by atoms with Crippen molar-refractivity contribution in [3.8, 4) is 0 Å². The first-order valence-electron chi connectivity index (χ1n) is 6.75. The number of rotatable bonds is 3. The summed E-state index contributed by atoms with van der Waals surface area (Å²) in [6.07, 6.45) is 5.66. The number of carbonyl (C=O) groups is 1. The molecule has 96 valence electrons. The van der Waals surface area contributed by atoms with Gasteiger partial charge in [0.25, 0.3) is 0 Å². The average molecular weight is 245 g/mol. The Bertz CT molecular complexity index is 421. The molecule has 1 amide bonds. The van der Waals surface area contributed by atoms with E-state index in [-0.39, 0.29) is 11.6 Å². The van der Waals surface area contributed by atoms with Gasteiger partial charge in [-0.15, -0.1) is 0 Å². The van der Waals surface area contributed by atoms with Crippen molar-refractivity contribution in [2.75, 3.05) is 0 Å². The van der Waals surface area contributed by atoms with E-state index in [1.807, 2.05) is 30.3 Å². The van der Waals surface area contributed by atoms with Crippen molar-refractivity contribution < 1.29 is 9.53 Å². The molecule has 3 nitrogen and oxygen atoms in total. The van der Waals surface area contributed by atoms with E-state index < -0.39 is 0 Å². The van der Waals surface area contributed by atoms with E-state index in [4.69, 9.17) is 4.74 Å². The van der Waals surface area contributed by atoms with Crippen molar-refractivity contribution in [3.05, 3.63) is 35.9 Å². The van der Waals surface area contributed by atoms with Crippen molar-refractivity contribution >= 4 is 6.09 Å². The van der Waals surface area contributed by atoms with Gasteiger partial charge in [-0.3, -0.25) is 0 Å². The molecule has 3 rings (SSSR count). The van der Waals surface area contributed by atoms with Gasteiger partial charge >= 0.3 is 6.09 Å². The van der Waals surface area contributed by atoms with Crippen molar-refractivity contribution in [2.24, 2.45) is 5.92 Å². The Labute approximate surface area is 108 Å². The number of amides is 1. The third-order valence-corrected chi connectivity index (χ3v) is 4.32. The Morgan fingerprint density at radius 1 is 1.28 bits per heavy atom. The highest BCUT2D eigenvalue weighted by molar-refractivity contribution is 5.68. The third-order valence-electron chi connectivity index (χ3n) is 4.32. The molecule has 2 saturated carbocycles. The van der Waals surface area contributed by atoms with E-state index in [1.165, 1.54) is 12.8 Å². The van der Waals surface area contributed by atoms with Crippen molar-refractivity contribution in [2.45, 2.75) is 44.2 Å². The number of fused-ring (bicyclic) bond motifs is 2. The molecule has 1 aromatic rings. The molecule has 0 radical (unpaired) electrons. The Morgan fingerprint density at radius 2 is 2.00 bits per heavy atom. The summed E-state index contributed by atoms with van der Waals surface area (Å²) in [6.45, 7) is 0.353. The van der Waals surface area contributed by atoms with Crippen LogP contribution in [-0.2, 0) is 11.3 Å². The molecule has 1 aromatic carbocycles. The molecule has 2 aliphatic rings. The highest BCUT2D eigenvalue weighted by atomic mass is 16.5. The zero-order chi connectivity index (χ0) is 12.4. The van der Waals surface area contributed by atoms with Gasteiger partial charge in [0.1, 0.15) is 6.61 Å². The minimum Gasteiger partial charge on any atom is -0.445 e. The number of benzene rings is 1. The molecule has 1 N–H and O–H groups in total. The fraction of sp³-hybridized carbons (Fsp3) is 0.533. The normalized spacial score (nSPS) is 29.2. The zero-order valence-electron chi connectivity index (χ0n) is 10.5. The molecule has 0 unspecified atom stereocenters. The van der Waals surface area contributed by atoms with Crippen molar-refractivity contribution in [1.29, 1.82) is 0 Å². The fourth-order valence-corrected chi connectivity index (χ4v) is 3.34. The van der Waals surface area contributed by atoms with Crippen LogP contribution in [0.4, 0.5) is 4.79 Å². The lowest BCUT2D eigenvalue weighted by Crippen LogP contribution is -2.45. The summed E-state index contributed by atoms with van der Waals surface area (Å²) < 4.78 is 5.29. The second kappa shape index (κ2) is 4.63. The van der Waals surface area contributed by atoms with Gasteiger partial charge in [-0.25, -0.2) is 4.79 Å². The van der Waals surface area contributed by atoms with Gasteiger partial charge in [0.05, 0.1) is 0 Å². The standard InChI is InChI=1S/C15H19NO2/c17-14(18-11-13-4-2-1-3-5-13)16-15-8-6-12(10-15)7-9-15/h1-5,12H,6-11H2,(H,16,17). The van der Waals surface area contributed by atoms with Crippen LogP contribution < -0.4 is 5.32 Å². The van der Waals surface area contributed by atoms with Crippen LogP contribution in [0.25, 0.3) is 0 Å². The first kappa shape index (κ1) is 11.6. The van der Waals surface area contributed by atoms with Crippen LogP contribution in [0.1, 0.15) is 37.7 Å². The predicted octanol–water partition coefficient (Wildman–Crippen LogP) is 3.25. The second-order valence-electron chi connectivity index (χ2n) is 5.61. The summed E-state index contributed by atoms with van der Waals surface area (Å²) in [5.74, 6) is 0.833. The number of carbonyl (C=O) groups excluding carboxylic acids is 1. The average Bonchev–Trinajstić information content (AvgIpc) is 2.97. The molecule has 0 heterocycles. The van der Waals surface area contributed by atoms with E-state index in [0.717, 1.165) is 30.7 Å². The maximum atomic E-state index is 11.8. The molecule has 2 fully saturated rings. The molecule has 0 aliphatic heterocycles. The van der Waals surface area contributed by atoms with Gasteiger partial charge in [-0.2, -0.15) is 0 Å². The maximum Gasteiger partial charge on any atom is 0.407 e. The van der Waals surface area contributed by atoms with Gasteiger partial charge in [-0.1, -0.05) is 30.3 Å². The predicted molar refractivity (Wildman–Crippen MR) is 69.1 cm³/mol. The van der Waals surface area contributed by atoms with Crippen LogP contribution >= 0.6 is 0 Å². The topological polar surface area (TPSA) is 38.3 Å². The summed E-state index contributed by atoms with van der Waals surface area (Å²) >= 11 is 0. The monoisotopic (exact) mass is 245 g/mol. The van der Waals surface area contributed by atoms with Gasteiger partial charge in [-0.05, 0) is 43.6 Å². The van der Waals surface area contributed by atoms with Crippen molar-refractivity contribution in [1.82, 2.24) is 5.32 Å². The zero-order valence-corrected chi connectivity index (χ0v) is 10.5. The smallest absolute Gasteiger partial charge is 0.407 e. The van der Waals surface area contributed by atoms with E-state index in [1.54, 1.807) is 0 Å². The molecule has 0 atom stereocenters. The number of hydrogen-bond donors (Lipinski definition) is 1. The van der Waals surface area contributed by atoms with Crippen LogP contribution in [0.2, 0.25) is 0 Å². The van der Waals surface area contributed by atoms with Crippen LogP contribution in [0.3, 0.4) is 0 Å². The van der Waals surface area contributed by atoms with E-state index in [2.05, 4.69) is 5.32 Å². The van der Waals surface area contributed by atoms with E-state index in [0.29, 0.717) is 6.61 Å². The molecule has 18 heavy (non-hydrogen) atoms. The third kappa shape index (κ3) is 2.35. The molecule has 0 saturated heterocycles. The number of alkyl carbamates (subject to hydrolysis) is 1. The van der Waals surface area contributed by atoms with Gasteiger partial charge in [0, 0.05) is 5.54 Å². The fourth-order valence-electron chi connectivity index (χ4n) is 3.34. The quantitative estimate of drug-likeness (QED) is 0.887. The minimum atomic E-state index is -0.263. The van der Waals surface area contributed by atoms with Gasteiger partial charge in [0.2, 0.25) is 0 Å². The molecule has 3 heteroatoms. The Morgan fingerprint density at radius 3 is 2.61 bits per heavy atom. The number of hydrogen-bond acceptors (Lipinski definition) is 2. The summed E-state index contributed by atoms with van der Waals surface area (Å²) in [5, 5.41) is 3.09. The lowest BCUT2D eigenvalue weighted by atomic mass is 9.94. The molecular formula is C15H19NO2. The summed E-state index contributed by atoms with van der Waals surface area (Å²) in [4.78, 5) is 11.8.